The Bertz CT molecular complexity index is 1020. The van der Waals surface area contributed by atoms with Gasteiger partial charge in [-0.25, -0.2) is 8.42 Å². The Labute approximate surface area is 202 Å². The number of hydrogen-bond donors (Lipinski definition) is 1. The van der Waals surface area contributed by atoms with Gasteiger partial charge in [0.05, 0.1) is 4.90 Å². The van der Waals surface area contributed by atoms with E-state index in [9.17, 15) is 13.2 Å². The Morgan fingerprint density at radius 2 is 1.82 bits per heavy atom. The van der Waals surface area contributed by atoms with Crippen LogP contribution in [0.3, 0.4) is 0 Å². The van der Waals surface area contributed by atoms with Crippen molar-refractivity contribution in [1.82, 2.24) is 14.5 Å². The van der Waals surface area contributed by atoms with E-state index in [0.29, 0.717) is 43.0 Å². The molecular weight excluding hydrogens is 454 g/mol. The lowest BCUT2D eigenvalue weighted by Gasteiger charge is -2.34. The van der Waals surface area contributed by atoms with Crippen molar-refractivity contribution < 1.29 is 13.2 Å². The van der Waals surface area contributed by atoms with Crippen LogP contribution in [0.5, 0.6) is 0 Å². The van der Waals surface area contributed by atoms with E-state index in [1.165, 1.54) is 10.9 Å². The third-order valence-corrected chi connectivity index (χ3v) is 9.48. The Morgan fingerprint density at radius 3 is 2.48 bits per heavy atom. The van der Waals surface area contributed by atoms with Gasteiger partial charge in [-0.2, -0.15) is 4.31 Å². The summed E-state index contributed by atoms with van der Waals surface area (Å²) in [4.78, 5) is 16.9. The van der Waals surface area contributed by atoms with Gasteiger partial charge >= 0.3 is 0 Å². The lowest BCUT2D eigenvalue weighted by Crippen LogP contribution is -2.42. The molecule has 1 aromatic carbocycles. The third-order valence-electron chi connectivity index (χ3n) is 6.79. The summed E-state index contributed by atoms with van der Waals surface area (Å²) in [6.45, 7) is 8.97. The van der Waals surface area contributed by atoms with Crippen LogP contribution in [-0.4, -0.2) is 56.3 Å². The topological polar surface area (TPSA) is 69.7 Å². The molecule has 8 heteroatoms. The molecule has 2 aromatic rings. The third kappa shape index (κ3) is 6.23. The number of nitrogens with zero attached hydrogens (tertiary/aromatic N) is 2. The maximum atomic E-state index is 13.2. The first-order chi connectivity index (χ1) is 15.8. The van der Waals surface area contributed by atoms with Gasteiger partial charge < -0.3 is 5.32 Å². The second-order valence-electron chi connectivity index (χ2n) is 9.80. The molecule has 0 spiro atoms. The van der Waals surface area contributed by atoms with E-state index in [1.54, 1.807) is 33.8 Å². The summed E-state index contributed by atoms with van der Waals surface area (Å²) in [5.74, 6) is 0.934. The lowest BCUT2D eigenvalue weighted by atomic mass is 9.94. The highest BCUT2D eigenvalue weighted by molar-refractivity contribution is 7.89. The van der Waals surface area contributed by atoms with Gasteiger partial charge in [0, 0.05) is 36.6 Å². The SMILES string of the molecule is CC1CC(C)CN(S(=O)(=O)c2cccc(C(=O)NCC3CCN(Cc4cccs4)CC3)c2)C1. The Kier molecular flexibility index (Phi) is 7.89. The molecule has 1 amide bonds. The summed E-state index contributed by atoms with van der Waals surface area (Å²) in [7, 11) is -3.60. The number of thiophene rings is 1. The molecule has 3 heterocycles. The van der Waals surface area contributed by atoms with Gasteiger partial charge in [-0.3, -0.25) is 9.69 Å². The van der Waals surface area contributed by atoms with Crippen LogP contribution in [0.2, 0.25) is 0 Å². The highest BCUT2D eigenvalue weighted by atomic mass is 32.2. The van der Waals surface area contributed by atoms with Crippen molar-refractivity contribution in [1.29, 1.82) is 0 Å². The van der Waals surface area contributed by atoms with Crippen molar-refractivity contribution in [2.45, 2.75) is 44.6 Å². The number of benzene rings is 1. The average Bonchev–Trinajstić information content (AvgIpc) is 3.31. The average molecular weight is 490 g/mol. The maximum Gasteiger partial charge on any atom is 0.251 e. The molecule has 0 radical (unpaired) electrons. The first kappa shape index (κ1) is 24.4. The molecule has 0 bridgehead atoms. The molecule has 0 aliphatic carbocycles. The van der Waals surface area contributed by atoms with Crippen LogP contribution in [0.25, 0.3) is 0 Å². The summed E-state index contributed by atoms with van der Waals surface area (Å²) >= 11 is 1.80. The molecule has 2 aliphatic rings. The van der Waals surface area contributed by atoms with Crippen molar-refractivity contribution in [3.63, 3.8) is 0 Å². The molecule has 2 saturated heterocycles. The van der Waals surface area contributed by atoms with Gasteiger partial charge in [-0.05, 0) is 79.8 Å². The number of piperidine rings is 2. The largest absolute Gasteiger partial charge is 0.352 e. The van der Waals surface area contributed by atoms with E-state index < -0.39 is 10.0 Å². The molecule has 1 aromatic heterocycles. The highest BCUT2D eigenvalue weighted by Gasteiger charge is 2.32. The molecule has 0 saturated carbocycles. The van der Waals surface area contributed by atoms with Crippen LogP contribution in [-0.2, 0) is 16.6 Å². The summed E-state index contributed by atoms with van der Waals surface area (Å²) in [5, 5.41) is 5.15. The second kappa shape index (κ2) is 10.7. The molecule has 2 fully saturated rings. The number of carbonyl (C=O) groups is 1. The first-order valence-electron chi connectivity index (χ1n) is 11.9. The smallest absolute Gasteiger partial charge is 0.251 e. The van der Waals surface area contributed by atoms with Crippen LogP contribution in [0, 0.1) is 17.8 Å². The quantitative estimate of drug-likeness (QED) is 0.637. The molecule has 1 N–H and O–H groups in total. The fraction of sp³-hybridized carbons (Fsp3) is 0.560. The molecule has 180 valence electrons. The number of carbonyl (C=O) groups excluding carboxylic acids is 1. The monoisotopic (exact) mass is 489 g/mol. The summed E-state index contributed by atoms with van der Waals surface area (Å²) in [6, 6.07) is 10.8. The summed E-state index contributed by atoms with van der Waals surface area (Å²) in [6.07, 6.45) is 3.16. The number of amides is 1. The zero-order valence-electron chi connectivity index (χ0n) is 19.6. The van der Waals surface area contributed by atoms with Crippen molar-refractivity contribution in [3.05, 3.63) is 52.2 Å². The van der Waals surface area contributed by atoms with Gasteiger partial charge in [0.2, 0.25) is 10.0 Å². The lowest BCUT2D eigenvalue weighted by molar-refractivity contribution is 0.0935. The zero-order chi connectivity index (χ0) is 23.4. The summed E-state index contributed by atoms with van der Waals surface area (Å²) in [5.41, 5.74) is 0.407. The van der Waals surface area contributed by atoms with E-state index in [0.717, 1.165) is 38.9 Å². The van der Waals surface area contributed by atoms with E-state index >= 15 is 0 Å². The van der Waals surface area contributed by atoms with Gasteiger partial charge in [-0.1, -0.05) is 26.0 Å². The van der Waals surface area contributed by atoms with Gasteiger partial charge in [0.1, 0.15) is 0 Å². The molecule has 2 atom stereocenters. The number of sulfonamides is 1. The minimum Gasteiger partial charge on any atom is -0.352 e. The van der Waals surface area contributed by atoms with Gasteiger partial charge in [-0.15, -0.1) is 11.3 Å². The standard InChI is InChI=1S/C25H35N3O3S2/c1-19-13-20(2)17-28(16-19)33(30,31)24-7-3-5-22(14-24)25(29)26-15-21-8-10-27(11-9-21)18-23-6-4-12-32-23/h3-7,12,14,19-21H,8-11,13,15-18H2,1-2H3,(H,26,29). The Balaban J connectivity index is 1.31. The molecule has 2 aliphatic heterocycles. The zero-order valence-corrected chi connectivity index (χ0v) is 21.2. The number of likely N-dealkylation sites (tertiary alicyclic amines) is 1. The van der Waals surface area contributed by atoms with E-state index in [-0.39, 0.29) is 10.8 Å². The summed E-state index contributed by atoms with van der Waals surface area (Å²) < 4.78 is 28.0. The van der Waals surface area contributed by atoms with E-state index in [1.807, 2.05) is 0 Å². The Hall–Kier alpha value is -1.74. The van der Waals surface area contributed by atoms with Crippen molar-refractivity contribution in [2.75, 3.05) is 32.7 Å². The number of nitrogens with one attached hydrogen (secondary N) is 1. The predicted octanol–water partition coefficient (Wildman–Crippen LogP) is 4.06. The van der Waals surface area contributed by atoms with Crippen LogP contribution in [0.15, 0.2) is 46.7 Å². The molecule has 6 nitrogen and oxygen atoms in total. The van der Waals surface area contributed by atoms with E-state index in [2.05, 4.69) is 41.6 Å². The minimum absolute atomic E-state index is 0.201. The van der Waals surface area contributed by atoms with Crippen LogP contribution in [0.4, 0.5) is 0 Å². The number of hydrogen-bond acceptors (Lipinski definition) is 5. The van der Waals surface area contributed by atoms with E-state index in [4.69, 9.17) is 0 Å². The molecule has 2 unspecified atom stereocenters. The van der Waals surface area contributed by atoms with Crippen molar-refractivity contribution in [2.24, 2.45) is 17.8 Å². The van der Waals surface area contributed by atoms with Crippen molar-refractivity contribution >= 4 is 27.3 Å². The predicted molar refractivity (Wildman–Crippen MR) is 133 cm³/mol. The molecule has 33 heavy (non-hydrogen) atoms. The fourth-order valence-electron chi connectivity index (χ4n) is 5.06. The normalized spacial score (nSPS) is 23.5. The van der Waals surface area contributed by atoms with Crippen LogP contribution < -0.4 is 5.32 Å². The maximum absolute atomic E-state index is 13.2. The highest BCUT2D eigenvalue weighted by Crippen LogP contribution is 2.27. The Morgan fingerprint density at radius 1 is 1.09 bits per heavy atom. The van der Waals surface area contributed by atoms with Gasteiger partial charge in [0.15, 0.2) is 0 Å². The fourth-order valence-corrected chi connectivity index (χ4v) is 7.53. The second-order valence-corrected chi connectivity index (χ2v) is 12.8. The first-order valence-corrected chi connectivity index (χ1v) is 14.3. The molecular formula is C25H35N3O3S2. The van der Waals surface area contributed by atoms with Crippen molar-refractivity contribution in [3.8, 4) is 0 Å². The number of rotatable bonds is 7. The minimum atomic E-state index is -3.60. The van der Waals surface area contributed by atoms with Gasteiger partial charge in [0.25, 0.3) is 5.91 Å². The van der Waals surface area contributed by atoms with Crippen LogP contribution in [0.1, 0.15) is 48.3 Å². The molecule has 4 rings (SSSR count). The van der Waals surface area contributed by atoms with Crippen LogP contribution >= 0.6 is 11.3 Å².